The summed E-state index contributed by atoms with van der Waals surface area (Å²) in [6.07, 6.45) is 84.6. The van der Waals surface area contributed by atoms with E-state index < -0.39 is 32.5 Å². The minimum atomic E-state index is -4.65. The summed E-state index contributed by atoms with van der Waals surface area (Å²) in [5.74, 6) is -0.858. The SMILES string of the molecule is CC/C=C\C/C=C\C/C=C\C/C=C\C/C=C\CCCCCCCCCCCCCCCCCCCCCCCCCC(=O)OC(COC(=O)CCCCCC/C=C\C/C=C\C/C=C\C/C=C\CC)COP(=O)([O-])OCC[N+](C)(C)C. The maximum atomic E-state index is 12.8. The molecule has 0 bridgehead atoms. The molecule has 0 rings (SSSR count). The highest BCUT2D eigenvalue weighted by molar-refractivity contribution is 7.45. The Morgan fingerprint density at radius 3 is 1.00 bits per heavy atom. The van der Waals surface area contributed by atoms with Crippen molar-refractivity contribution in [3.8, 4) is 0 Å². The van der Waals surface area contributed by atoms with E-state index in [1.165, 1.54) is 128 Å². The van der Waals surface area contributed by atoms with E-state index in [1.54, 1.807) is 0 Å². The van der Waals surface area contributed by atoms with E-state index in [9.17, 15) is 19.0 Å². The fraction of sp³-hybridized carbons (Fsp3) is 0.714. The number of ether oxygens (including phenoxy) is 2. The lowest BCUT2D eigenvalue weighted by Crippen LogP contribution is -2.37. The zero-order valence-corrected chi connectivity index (χ0v) is 53.1. The molecule has 0 aliphatic heterocycles. The number of phosphoric acid groups is 1. The average molecular weight is 1140 g/mol. The Morgan fingerprint density at radius 2 is 0.675 bits per heavy atom. The van der Waals surface area contributed by atoms with Crippen LogP contribution in [0.1, 0.15) is 271 Å². The minimum Gasteiger partial charge on any atom is -0.756 e. The number of unbranched alkanes of at least 4 members (excludes halogenated alkanes) is 27. The van der Waals surface area contributed by atoms with Gasteiger partial charge < -0.3 is 27.9 Å². The smallest absolute Gasteiger partial charge is 0.306 e. The predicted molar refractivity (Wildman–Crippen MR) is 342 cm³/mol. The van der Waals surface area contributed by atoms with Gasteiger partial charge in [-0.05, 0) is 96.3 Å². The molecule has 0 heterocycles. The lowest BCUT2D eigenvalue weighted by Gasteiger charge is -2.28. The van der Waals surface area contributed by atoms with Gasteiger partial charge in [-0.15, -0.1) is 0 Å². The molecule has 0 aliphatic carbocycles. The van der Waals surface area contributed by atoms with Crippen LogP contribution in [0.5, 0.6) is 0 Å². The van der Waals surface area contributed by atoms with Crippen molar-refractivity contribution >= 4 is 19.8 Å². The number of allylic oxidation sites excluding steroid dienone is 18. The molecule has 9 nitrogen and oxygen atoms in total. The summed E-state index contributed by atoms with van der Waals surface area (Å²) < 4.78 is 34.2. The molecule has 0 aromatic heterocycles. The number of quaternary nitrogens is 1. The fourth-order valence-corrected chi connectivity index (χ4v) is 9.58. The van der Waals surface area contributed by atoms with Crippen molar-refractivity contribution in [2.75, 3.05) is 47.5 Å². The van der Waals surface area contributed by atoms with Crippen LogP contribution in [0.2, 0.25) is 0 Å². The van der Waals surface area contributed by atoms with E-state index in [2.05, 4.69) is 123 Å². The molecule has 80 heavy (non-hydrogen) atoms. The standard InChI is InChI=1S/C70H122NO8P/c1-6-8-10-12-14-16-18-20-22-24-25-26-27-28-29-30-31-32-33-34-35-36-37-38-39-40-41-42-43-44-45-47-49-51-53-55-57-59-61-63-70(73)79-68(67-78-80(74,75)77-65-64-71(3,4)5)66-76-69(72)62-60-58-56-54-52-50-48-46-23-21-19-17-15-13-11-9-7-2/h8-11,14-17,20-23,25-26,28-29,48,50,68H,6-7,12-13,18-19,24,27,30-47,49,51-67H2,1-5H3/b10-8-,11-9-,16-14-,17-15-,22-20-,23-21-,26-25-,29-28-,50-48-. The topological polar surface area (TPSA) is 111 Å². The predicted octanol–water partition coefficient (Wildman–Crippen LogP) is 20.3. The molecule has 0 fully saturated rings. The number of nitrogens with zero attached hydrogens (tertiary/aromatic N) is 1. The van der Waals surface area contributed by atoms with Crippen molar-refractivity contribution in [1.29, 1.82) is 0 Å². The molecule has 2 unspecified atom stereocenters. The van der Waals surface area contributed by atoms with Gasteiger partial charge in [-0.1, -0.05) is 271 Å². The van der Waals surface area contributed by atoms with Crippen LogP contribution in [0, 0.1) is 0 Å². The molecule has 0 aromatic carbocycles. The third-order valence-electron chi connectivity index (χ3n) is 13.8. The van der Waals surface area contributed by atoms with Crippen molar-refractivity contribution in [1.82, 2.24) is 0 Å². The number of rotatable bonds is 59. The normalized spacial score (nSPS) is 13.9. The second-order valence-electron chi connectivity index (χ2n) is 22.7. The molecule has 10 heteroatoms. The summed E-state index contributed by atoms with van der Waals surface area (Å²) in [4.78, 5) is 37.9. The van der Waals surface area contributed by atoms with Crippen LogP contribution in [-0.2, 0) is 32.7 Å². The van der Waals surface area contributed by atoms with Gasteiger partial charge in [0.25, 0.3) is 7.82 Å². The van der Waals surface area contributed by atoms with Gasteiger partial charge in [-0.3, -0.25) is 14.2 Å². The molecule has 0 saturated heterocycles. The molecule has 0 radical (unpaired) electrons. The first-order valence-electron chi connectivity index (χ1n) is 32.6. The highest BCUT2D eigenvalue weighted by Crippen LogP contribution is 2.38. The van der Waals surface area contributed by atoms with Gasteiger partial charge in [0.2, 0.25) is 0 Å². The Balaban J connectivity index is 3.97. The fourth-order valence-electron chi connectivity index (χ4n) is 8.85. The van der Waals surface area contributed by atoms with Gasteiger partial charge >= 0.3 is 11.9 Å². The van der Waals surface area contributed by atoms with Gasteiger partial charge in [-0.2, -0.15) is 0 Å². The number of hydrogen-bond donors (Lipinski definition) is 0. The number of likely N-dealkylation sites (N-methyl/N-ethyl adjacent to an activating group) is 1. The van der Waals surface area contributed by atoms with Crippen molar-refractivity contribution < 1.29 is 42.1 Å². The number of esters is 2. The molecule has 0 N–H and O–H groups in total. The zero-order valence-electron chi connectivity index (χ0n) is 52.2. The first kappa shape index (κ1) is 76.7. The first-order valence-corrected chi connectivity index (χ1v) is 34.1. The van der Waals surface area contributed by atoms with Crippen LogP contribution in [0.25, 0.3) is 0 Å². The quantitative estimate of drug-likeness (QED) is 0.0195. The molecule has 0 spiro atoms. The third-order valence-corrected chi connectivity index (χ3v) is 14.8. The maximum Gasteiger partial charge on any atom is 0.306 e. The van der Waals surface area contributed by atoms with E-state index in [-0.39, 0.29) is 26.1 Å². The Labute approximate surface area is 493 Å². The molecule has 460 valence electrons. The number of phosphoric ester groups is 1. The summed E-state index contributed by atoms with van der Waals surface area (Å²) in [5, 5.41) is 0. The second-order valence-corrected chi connectivity index (χ2v) is 24.1. The molecule has 0 amide bonds. The second kappa shape index (κ2) is 60.3. The van der Waals surface area contributed by atoms with E-state index >= 15 is 0 Å². The Morgan fingerprint density at radius 1 is 0.388 bits per heavy atom. The van der Waals surface area contributed by atoms with Crippen LogP contribution < -0.4 is 4.89 Å². The average Bonchev–Trinajstić information content (AvgIpc) is 3.42. The highest BCUT2D eigenvalue weighted by Gasteiger charge is 2.22. The van der Waals surface area contributed by atoms with Gasteiger partial charge in [0, 0.05) is 12.8 Å². The number of carbonyl (C=O) groups is 2. The lowest BCUT2D eigenvalue weighted by atomic mass is 10.0. The van der Waals surface area contributed by atoms with Crippen molar-refractivity contribution in [2.45, 2.75) is 277 Å². The van der Waals surface area contributed by atoms with Gasteiger partial charge in [0.1, 0.15) is 19.8 Å². The maximum absolute atomic E-state index is 12.8. The molecule has 0 aromatic rings. The summed E-state index contributed by atoms with van der Waals surface area (Å²) in [7, 11) is 1.15. The molecule has 0 saturated carbocycles. The third kappa shape index (κ3) is 63.8. The lowest BCUT2D eigenvalue weighted by molar-refractivity contribution is -0.870. The largest absolute Gasteiger partial charge is 0.756 e. The molecular weight excluding hydrogens is 1010 g/mol. The van der Waals surface area contributed by atoms with Crippen LogP contribution in [0.3, 0.4) is 0 Å². The Bertz CT molecular complexity index is 1720. The van der Waals surface area contributed by atoms with E-state index in [0.29, 0.717) is 23.9 Å². The molecule has 2 atom stereocenters. The zero-order chi connectivity index (χ0) is 58.4. The Hall–Kier alpha value is -3.33. The number of hydrogen-bond acceptors (Lipinski definition) is 8. The summed E-state index contributed by atoms with van der Waals surface area (Å²) >= 11 is 0. The van der Waals surface area contributed by atoms with Crippen LogP contribution in [0.4, 0.5) is 0 Å². The van der Waals surface area contributed by atoms with Crippen LogP contribution in [0.15, 0.2) is 109 Å². The van der Waals surface area contributed by atoms with Crippen LogP contribution >= 0.6 is 7.82 Å². The molecule has 0 aliphatic rings. The van der Waals surface area contributed by atoms with E-state index in [4.69, 9.17) is 18.5 Å². The first-order chi connectivity index (χ1) is 39.0. The van der Waals surface area contributed by atoms with Gasteiger partial charge in [-0.25, -0.2) is 0 Å². The Kier molecular flexibility index (Phi) is 57.8. The summed E-state index contributed by atoms with van der Waals surface area (Å²) in [6.45, 7) is 3.99. The summed E-state index contributed by atoms with van der Waals surface area (Å²) in [6, 6.07) is 0. The van der Waals surface area contributed by atoms with E-state index in [1.807, 2.05) is 21.1 Å². The van der Waals surface area contributed by atoms with Crippen molar-refractivity contribution in [3.63, 3.8) is 0 Å². The highest BCUT2D eigenvalue weighted by atomic mass is 31.2. The monoisotopic (exact) mass is 1140 g/mol. The van der Waals surface area contributed by atoms with Crippen molar-refractivity contribution in [2.24, 2.45) is 0 Å². The van der Waals surface area contributed by atoms with Gasteiger partial charge in [0.05, 0.1) is 27.7 Å². The van der Waals surface area contributed by atoms with Crippen LogP contribution in [-0.4, -0.2) is 70.0 Å². The van der Waals surface area contributed by atoms with Crippen molar-refractivity contribution in [3.05, 3.63) is 109 Å². The summed E-state index contributed by atoms with van der Waals surface area (Å²) in [5.41, 5.74) is 0. The molecular formula is C70H122NO8P. The number of carbonyl (C=O) groups excluding carboxylic acids is 2. The van der Waals surface area contributed by atoms with Gasteiger partial charge in [0.15, 0.2) is 6.10 Å². The minimum absolute atomic E-state index is 0.0379. The van der Waals surface area contributed by atoms with E-state index in [0.717, 1.165) is 103 Å².